The number of hydrogen-bond acceptors (Lipinski definition) is 5. The molecule has 1 atom stereocenters. The maximum Gasteiger partial charge on any atom is 0.254 e. The molecule has 1 unspecified atom stereocenters. The van der Waals surface area contributed by atoms with Gasteiger partial charge in [0.1, 0.15) is 17.5 Å². The Labute approximate surface area is 187 Å². The summed E-state index contributed by atoms with van der Waals surface area (Å²) in [5.74, 6) is -2.66. The van der Waals surface area contributed by atoms with Crippen LogP contribution in [0, 0.1) is 17.5 Å². The summed E-state index contributed by atoms with van der Waals surface area (Å²) < 4.78 is 43.6. The van der Waals surface area contributed by atoms with Crippen molar-refractivity contribution in [1.82, 2.24) is 19.7 Å². The van der Waals surface area contributed by atoms with E-state index < -0.39 is 38.1 Å². The molecule has 166 valence electrons. The zero-order chi connectivity index (χ0) is 22.9. The minimum atomic E-state index is -1.26. The normalized spacial score (nSPS) is 18.3. The molecular weight excluding hydrogens is 465 g/mol. The van der Waals surface area contributed by atoms with Crippen LogP contribution in [-0.4, -0.2) is 31.0 Å². The third-order valence-electron chi connectivity index (χ3n) is 5.64. The lowest BCUT2D eigenvalue weighted by Gasteiger charge is -2.16. The summed E-state index contributed by atoms with van der Waals surface area (Å²) in [5, 5.41) is 8.89. The van der Waals surface area contributed by atoms with Gasteiger partial charge in [0, 0.05) is 23.3 Å². The lowest BCUT2D eigenvalue weighted by Crippen LogP contribution is -2.27. The predicted molar refractivity (Wildman–Crippen MR) is 117 cm³/mol. The van der Waals surface area contributed by atoms with Crippen molar-refractivity contribution in [1.29, 1.82) is 0 Å². The number of nitrogens with two attached hydrogens (primary N) is 1. The molecule has 5 rings (SSSR count). The van der Waals surface area contributed by atoms with Gasteiger partial charge in [-0.1, -0.05) is 20.4 Å². The van der Waals surface area contributed by atoms with Crippen LogP contribution in [0.2, 0.25) is 0 Å². The van der Waals surface area contributed by atoms with E-state index in [0.717, 1.165) is 12.1 Å². The van der Waals surface area contributed by atoms with Gasteiger partial charge in [0.2, 0.25) is 5.91 Å². The summed E-state index contributed by atoms with van der Waals surface area (Å²) in [5.41, 5.74) is 6.84. The second-order valence-corrected chi connectivity index (χ2v) is 10.5. The van der Waals surface area contributed by atoms with Gasteiger partial charge in [-0.05, 0) is 31.3 Å². The Morgan fingerprint density at radius 1 is 1.25 bits per heavy atom. The van der Waals surface area contributed by atoms with E-state index in [1.807, 2.05) is 0 Å². The van der Waals surface area contributed by atoms with E-state index in [9.17, 15) is 18.0 Å². The Hall–Kier alpha value is -2.92. The number of benzene rings is 1. The first-order valence-corrected chi connectivity index (χ1v) is 11.8. The first-order valence-electron chi connectivity index (χ1n) is 9.51. The number of fused-ring (bicyclic) bond motifs is 2. The predicted octanol–water partition coefficient (Wildman–Crippen LogP) is 3.57. The largest absolute Gasteiger partial charge is 0.383 e. The first-order chi connectivity index (χ1) is 15.1. The SMILES string of the molecule is CC1(C)C(=O)Nc2nc(-n3nc(Cc4c(F)ccc(F)c4F)c4c3CS(Cl)=C4)nc(N)c21. The lowest BCUT2D eigenvalue weighted by molar-refractivity contribution is -0.119. The molecule has 1 aromatic carbocycles. The number of rotatable bonds is 3. The fourth-order valence-electron chi connectivity index (χ4n) is 3.93. The first kappa shape index (κ1) is 21.0. The molecule has 0 radical (unpaired) electrons. The second-order valence-electron chi connectivity index (χ2n) is 8.06. The summed E-state index contributed by atoms with van der Waals surface area (Å²) in [6, 6.07) is 1.60. The van der Waals surface area contributed by atoms with E-state index in [2.05, 4.69) is 20.4 Å². The number of aromatic nitrogens is 4. The summed E-state index contributed by atoms with van der Waals surface area (Å²) in [4.78, 5) is 21.0. The number of anilines is 2. The number of hydrogen-bond donors (Lipinski definition) is 2. The van der Waals surface area contributed by atoms with Gasteiger partial charge < -0.3 is 11.1 Å². The van der Waals surface area contributed by atoms with Crippen molar-refractivity contribution in [2.75, 3.05) is 11.1 Å². The number of amides is 1. The van der Waals surface area contributed by atoms with Crippen LogP contribution >= 0.6 is 20.4 Å². The minimum absolute atomic E-state index is 0.0888. The molecule has 0 bridgehead atoms. The van der Waals surface area contributed by atoms with Gasteiger partial charge in [0.15, 0.2) is 11.6 Å². The van der Waals surface area contributed by atoms with Crippen LogP contribution in [-0.2, 0) is 22.4 Å². The van der Waals surface area contributed by atoms with Crippen LogP contribution in [0.15, 0.2) is 12.1 Å². The highest BCUT2D eigenvalue weighted by Gasteiger charge is 2.42. The summed E-state index contributed by atoms with van der Waals surface area (Å²) in [7, 11) is 5.66. The summed E-state index contributed by atoms with van der Waals surface area (Å²) in [6.45, 7) is 3.43. The average molecular weight is 481 g/mol. The van der Waals surface area contributed by atoms with Crippen molar-refractivity contribution in [3.05, 3.63) is 57.7 Å². The summed E-state index contributed by atoms with van der Waals surface area (Å²) in [6.07, 6.45) is -0.292. The molecule has 7 nitrogen and oxygen atoms in total. The fourth-order valence-corrected chi connectivity index (χ4v) is 5.66. The topological polar surface area (TPSA) is 98.7 Å². The number of carbonyl (C=O) groups is 1. The molecule has 4 heterocycles. The zero-order valence-electron chi connectivity index (χ0n) is 16.8. The molecule has 2 aromatic heterocycles. The molecule has 12 heteroatoms. The molecular formula is C20H16ClF3N6OS. The number of nitrogens with zero attached hydrogens (tertiary/aromatic N) is 4. The minimum Gasteiger partial charge on any atom is -0.383 e. The van der Waals surface area contributed by atoms with Crippen LogP contribution in [0.1, 0.15) is 41.9 Å². The highest BCUT2D eigenvalue weighted by Crippen LogP contribution is 2.41. The monoisotopic (exact) mass is 480 g/mol. The van der Waals surface area contributed by atoms with E-state index in [-0.39, 0.29) is 29.9 Å². The van der Waals surface area contributed by atoms with Gasteiger partial charge in [-0.2, -0.15) is 15.1 Å². The van der Waals surface area contributed by atoms with E-state index >= 15 is 0 Å². The van der Waals surface area contributed by atoms with Gasteiger partial charge in [-0.25, -0.2) is 17.9 Å². The van der Waals surface area contributed by atoms with Crippen molar-refractivity contribution >= 4 is 43.3 Å². The Morgan fingerprint density at radius 3 is 2.72 bits per heavy atom. The molecule has 3 aromatic rings. The van der Waals surface area contributed by atoms with Crippen molar-refractivity contribution < 1.29 is 18.0 Å². The molecule has 0 saturated carbocycles. The lowest BCUT2D eigenvalue weighted by atomic mass is 9.87. The Morgan fingerprint density at radius 2 is 1.97 bits per heavy atom. The number of nitrogens with one attached hydrogen (secondary N) is 1. The standard InChI is InChI=1S/C20H16ClF3N6OS/c1-20(2)14-16(25)26-19(28-17(14)27-18(20)31)30-13-7-32(21)6-9(13)12(29-30)5-8-10(22)3-4-11(23)15(8)24/h3-4,6H,5,7H2,1-2H3,(H3,25,26,27,28,31). The van der Waals surface area contributed by atoms with Gasteiger partial charge in [0.05, 0.1) is 22.4 Å². The molecule has 3 N–H and O–H groups in total. The van der Waals surface area contributed by atoms with Gasteiger partial charge >= 0.3 is 0 Å². The molecule has 0 fully saturated rings. The third-order valence-corrected chi connectivity index (χ3v) is 7.28. The van der Waals surface area contributed by atoms with Gasteiger partial charge in [0.25, 0.3) is 5.95 Å². The molecule has 1 amide bonds. The zero-order valence-corrected chi connectivity index (χ0v) is 18.4. The van der Waals surface area contributed by atoms with E-state index in [1.54, 1.807) is 19.2 Å². The van der Waals surface area contributed by atoms with E-state index in [0.29, 0.717) is 28.3 Å². The van der Waals surface area contributed by atoms with Crippen LogP contribution in [0.4, 0.5) is 24.8 Å². The molecule has 0 saturated heterocycles. The van der Waals surface area contributed by atoms with Crippen molar-refractivity contribution in [3.63, 3.8) is 0 Å². The maximum atomic E-state index is 14.3. The quantitative estimate of drug-likeness (QED) is 0.441. The van der Waals surface area contributed by atoms with Crippen molar-refractivity contribution in [2.45, 2.75) is 31.4 Å². The number of carbonyl (C=O) groups excluding carboxylic acids is 1. The second kappa shape index (κ2) is 7.04. The Bertz CT molecular complexity index is 1370. The van der Waals surface area contributed by atoms with Crippen LogP contribution < -0.4 is 11.1 Å². The summed E-state index contributed by atoms with van der Waals surface area (Å²) >= 11 is 0. The molecule has 32 heavy (non-hydrogen) atoms. The Kier molecular flexibility index (Phi) is 4.61. The van der Waals surface area contributed by atoms with Crippen molar-refractivity contribution in [3.8, 4) is 5.95 Å². The third kappa shape index (κ3) is 3.02. The fraction of sp³-hybridized carbons (Fsp3) is 0.250. The maximum absolute atomic E-state index is 14.3. The highest BCUT2D eigenvalue weighted by atomic mass is 35.7. The number of halogens is 4. The van der Waals surface area contributed by atoms with Gasteiger partial charge in [-0.15, -0.1) is 0 Å². The molecule has 0 aliphatic carbocycles. The van der Waals surface area contributed by atoms with Gasteiger partial charge in [-0.3, -0.25) is 4.79 Å². The molecule has 0 spiro atoms. The smallest absolute Gasteiger partial charge is 0.254 e. The van der Waals surface area contributed by atoms with E-state index in [1.165, 1.54) is 4.68 Å². The van der Waals surface area contributed by atoms with E-state index in [4.69, 9.17) is 16.4 Å². The van der Waals surface area contributed by atoms with Crippen LogP contribution in [0.25, 0.3) is 5.95 Å². The Balaban J connectivity index is 1.64. The average Bonchev–Trinajstić information content (AvgIpc) is 3.32. The highest BCUT2D eigenvalue weighted by molar-refractivity contribution is 8.34. The van der Waals surface area contributed by atoms with Crippen LogP contribution in [0.5, 0.6) is 0 Å². The molecule has 2 aliphatic rings. The number of nitrogen functional groups attached to an aromatic ring is 1. The molecule has 2 aliphatic heterocycles. The van der Waals surface area contributed by atoms with Crippen molar-refractivity contribution in [2.24, 2.45) is 0 Å². The van der Waals surface area contributed by atoms with Crippen LogP contribution in [0.3, 0.4) is 0 Å².